The molecule has 3 nitrogen and oxygen atoms in total. The normalized spacial score (nSPS) is 11.4. The summed E-state index contributed by atoms with van der Waals surface area (Å²) in [5.74, 6) is -0.0171. The quantitative estimate of drug-likeness (QED) is 0.460. The van der Waals surface area contributed by atoms with Crippen LogP contribution in [0.5, 0.6) is 0 Å². The molecular formula is C17H16ClFN2OS2. The summed E-state index contributed by atoms with van der Waals surface area (Å²) in [5.41, 5.74) is 1.38. The fourth-order valence-corrected chi connectivity index (χ4v) is 4.98. The molecule has 24 heavy (non-hydrogen) atoms. The summed E-state index contributed by atoms with van der Waals surface area (Å²) in [5, 5.41) is 1.67. The van der Waals surface area contributed by atoms with Gasteiger partial charge in [0.1, 0.15) is 10.6 Å². The van der Waals surface area contributed by atoms with Crippen molar-refractivity contribution in [2.45, 2.75) is 38.2 Å². The number of nitrogens with zero attached hydrogens (tertiary/aromatic N) is 2. The summed E-state index contributed by atoms with van der Waals surface area (Å²) in [6.45, 7) is 6.36. The van der Waals surface area contributed by atoms with Crippen LogP contribution in [-0.4, -0.2) is 9.55 Å². The highest BCUT2D eigenvalue weighted by Gasteiger charge is 2.17. The first kappa shape index (κ1) is 17.5. The molecule has 0 aliphatic rings. The molecule has 0 bridgehead atoms. The third-order valence-electron chi connectivity index (χ3n) is 3.98. The maximum Gasteiger partial charge on any atom is 0.263 e. The zero-order valence-corrected chi connectivity index (χ0v) is 15.9. The first-order valence-corrected chi connectivity index (χ1v) is 9.68. The van der Waals surface area contributed by atoms with E-state index in [1.165, 1.54) is 29.2 Å². The topological polar surface area (TPSA) is 34.9 Å². The standard InChI is InChI=1S/C17H16ClFN2OS2/c1-4-21-16(22)14-9(2)10(3)24-15(14)20-17(21)23-8-11-12(18)6-5-7-13(11)19/h5-7H,4,8H2,1-3H3. The third kappa shape index (κ3) is 2.98. The Hall–Kier alpha value is -1.37. The van der Waals surface area contributed by atoms with E-state index < -0.39 is 0 Å². The number of aryl methyl sites for hydroxylation is 2. The molecular weight excluding hydrogens is 367 g/mol. The molecule has 126 valence electrons. The molecule has 1 aromatic carbocycles. The minimum absolute atomic E-state index is 0.0357. The Kier molecular flexibility index (Phi) is 4.99. The molecule has 0 saturated heterocycles. The minimum atomic E-state index is -0.343. The van der Waals surface area contributed by atoms with Gasteiger partial charge in [-0.1, -0.05) is 29.4 Å². The summed E-state index contributed by atoms with van der Waals surface area (Å²) >= 11 is 8.93. The van der Waals surface area contributed by atoms with E-state index in [0.29, 0.717) is 33.4 Å². The second kappa shape index (κ2) is 6.86. The van der Waals surface area contributed by atoms with Crippen molar-refractivity contribution in [3.63, 3.8) is 0 Å². The summed E-state index contributed by atoms with van der Waals surface area (Å²) in [7, 11) is 0. The summed E-state index contributed by atoms with van der Waals surface area (Å²) < 4.78 is 15.6. The molecule has 3 aromatic rings. The van der Waals surface area contributed by atoms with Crippen LogP contribution in [0.25, 0.3) is 10.2 Å². The number of halogens is 2. The monoisotopic (exact) mass is 382 g/mol. The third-order valence-corrected chi connectivity index (χ3v) is 6.44. The Balaban J connectivity index is 2.05. The number of hydrogen-bond acceptors (Lipinski definition) is 4. The molecule has 2 heterocycles. The van der Waals surface area contributed by atoms with Crippen molar-refractivity contribution in [1.82, 2.24) is 9.55 Å². The minimum Gasteiger partial charge on any atom is -0.287 e. The van der Waals surface area contributed by atoms with Gasteiger partial charge in [-0.15, -0.1) is 11.3 Å². The van der Waals surface area contributed by atoms with Gasteiger partial charge >= 0.3 is 0 Å². The summed E-state index contributed by atoms with van der Waals surface area (Å²) in [4.78, 5) is 19.2. The van der Waals surface area contributed by atoms with Crippen molar-refractivity contribution < 1.29 is 4.39 Å². The van der Waals surface area contributed by atoms with Crippen LogP contribution >= 0.6 is 34.7 Å². The van der Waals surface area contributed by atoms with E-state index in [-0.39, 0.29) is 11.4 Å². The smallest absolute Gasteiger partial charge is 0.263 e. The van der Waals surface area contributed by atoms with Crippen LogP contribution in [0.15, 0.2) is 28.2 Å². The predicted octanol–water partition coefficient (Wildman–Crippen LogP) is 5.18. The van der Waals surface area contributed by atoms with Gasteiger partial charge in [0.2, 0.25) is 0 Å². The van der Waals surface area contributed by atoms with E-state index in [9.17, 15) is 9.18 Å². The van der Waals surface area contributed by atoms with Gasteiger partial charge < -0.3 is 0 Å². The van der Waals surface area contributed by atoms with E-state index in [1.54, 1.807) is 16.7 Å². The van der Waals surface area contributed by atoms with Crippen LogP contribution < -0.4 is 5.56 Å². The van der Waals surface area contributed by atoms with Crippen LogP contribution in [0, 0.1) is 19.7 Å². The first-order valence-electron chi connectivity index (χ1n) is 7.50. The summed E-state index contributed by atoms with van der Waals surface area (Å²) in [6, 6.07) is 4.63. The molecule has 0 saturated carbocycles. The number of hydrogen-bond donors (Lipinski definition) is 0. The lowest BCUT2D eigenvalue weighted by Gasteiger charge is -2.11. The Bertz CT molecular complexity index is 961. The van der Waals surface area contributed by atoms with E-state index in [2.05, 4.69) is 4.98 Å². The zero-order valence-electron chi connectivity index (χ0n) is 13.5. The Morgan fingerprint density at radius 1 is 1.38 bits per heavy atom. The van der Waals surface area contributed by atoms with Crippen molar-refractivity contribution in [3.8, 4) is 0 Å². The van der Waals surface area contributed by atoms with Crippen molar-refractivity contribution in [3.05, 3.63) is 55.4 Å². The van der Waals surface area contributed by atoms with Gasteiger partial charge in [0.05, 0.1) is 5.39 Å². The fraction of sp³-hybridized carbons (Fsp3) is 0.294. The fourth-order valence-electron chi connectivity index (χ4n) is 2.50. The van der Waals surface area contributed by atoms with Gasteiger partial charge in [0.15, 0.2) is 5.16 Å². The molecule has 3 rings (SSSR count). The number of thiophene rings is 1. The zero-order chi connectivity index (χ0) is 17.4. The average Bonchev–Trinajstić information content (AvgIpc) is 2.82. The predicted molar refractivity (Wildman–Crippen MR) is 100.0 cm³/mol. The van der Waals surface area contributed by atoms with E-state index in [1.807, 2.05) is 20.8 Å². The number of benzene rings is 1. The lowest BCUT2D eigenvalue weighted by atomic mass is 10.2. The maximum absolute atomic E-state index is 13.9. The molecule has 0 aliphatic carbocycles. The van der Waals surface area contributed by atoms with E-state index in [4.69, 9.17) is 11.6 Å². The van der Waals surface area contributed by atoms with Crippen molar-refractivity contribution in [2.24, 2.45) is 0 Å². The van der Waals surface area contributed by atoms with Crippen molar-refractivity contribution in [1.29, 1.82) is 0 Å². The molecule has 0 N–H and O–H groups in total. The number of fused-ring (bicyclic) bond motifs is 1. The molecule has 0 aliphatic heterocycles. The van der Waals surface area contributed by atoms with Gasteiger partial charge in [-0.05, 0) is 38.5 Å². The SMILES string of the molecule is CCn1c(SCc2c(F)cccc2Cl)nc2sc(C)c(C)c2c1=O. The van der Waals surface area contributed by atoms with Crippen molar-refractivity contribution >= 4 is 44.9 Å². The van der Waals surface area contributed by atoms with Gasteiger partial charge in [-0.25, -0.2) is 9.37 Å². The molecule has 0 spiro atoms. The lowest BCUT2D eigenvalue weighted by Crippen LogP contribution is -2.22. The average molecular weight is 383 g/mol. The molecule has 2 aromatic heterocycles. The van der Waals surface area contributed by atoms with Crippen LogP contribution in [0.1, 0.15) is 22.9 Å². The van der Waals surface area contributed by atoms with Gasteiger partial charge in [0, 0.05) is 27.8 Å². The maximum atomic E-state index is 13.9. The highest BCUT2D eigenvalue weighted by Crippen LogP contribution is 2.31. The second-order valence-electron chi connectivity index (χ2n) is 5.40. The lowest BCUT2D eigenvalue weighted by molar-refractivity contribution is 0.616. The number of aromatic nitrogens is 2. The van der Waals surface area contributed by atoms with Gasteiger partial charge in [0.25, 0.3) is 5.56 Å². The second-order valence-corrected chi connectivity index (χ2v) is 7.95. The van der Waals surface area contributed by atoms with Crippen molar-refractivity contribution in [2.75, 3.05) is 0 Å². The number of thioether (sulfide) groups is 1. The Morgan fingerprint density at radius 3 is 2.79 bits per heavy atom. The van der Waals surface area contributed by atoms with Crippen LogP contribution in [-0.2, 0) is 12.3 Å². The van der Waals surface area contributed by atoms with E-state index in [0.717, 1.165) is 15.3 Å². The summed E-state index contributed by atoms with van der Waals surface area (Å²) in [6.07, 6.45) is 0. The Morgan fingerprint density at radius 2 is 2.12 bits per heavy atom. The highest BCUT2D eigenvalue weighted by atomic mass is 35.5. The van der Waals surface area contributed by atoms with Crippen LogP contribution in [0.3, 0.4) is 0 Å². The first-order chi connectivity index (χ1) is 11.4. The number of rotatable bonds is 4. The largest absolute Gasteiger partial charge is 0.287 e. The molecule has 0 radical (unpaired) electrons. The van der Waals surface area contributed by atoms with Crippen LogP contribution in [0.4, 0.5) is 4.39 Å². The van der Waals surface area contributed by atoms with Crippen LogP contribution in [0.2, 0.25) is 5.02 Å². The molecule has 7 heteroatoms. The van der Waals surface area contributed by atoms with Gasteiger partial charge in [-0.3, -0.25) is 9.36 Å². The Labute approximate surface area is 152 Å². The van der Waals surface area contributed by atoms with E-state index >= 15 is 0 Å². The molecule has 0 amide bonds. The molecule has 0 fully saturated rings. The molecule has 0 atom stereocenters. The molecule has 0 unspecified atom stereocenters. The highest BCUT2D eigenvalue weighted by molar-refractivity contribution is 7.98. The van der Waals surface area contributed by atoms with Gasteiger partial charge in [-0.2, -0.15) is 0 Å².